The topological polar surface area (TPSA) is 101 Å². The van der Waals surface area contributed by atoms with Gasteiger partial charge >= 0.3 is 0 Å². The first kappa shape index (κ1) is 21.7. The number of sulfonamides is 1. The molecule has 1 aromatic heterocycles. The average molecular weight is 453 g/mol. The van der Waals surface area contributed by atoms with Crippen LogP contribution in [0.25, 0.3) is 11.1 Å². The molecule has 0 aliphatic heterocycles. The molecule has 0 fully saturated rings. The van der Waals surface area contributed by atoms with Crippen LogP contribution < -0.4 is 10.0 Å². The van der Waals surface area contributed by atoms with Crippen molar-refractivity contribution in [2.45, 2.75) is 24.3 Å². The van der Waals surface area contributed by atoms with E-state index in [1.54, 1.807) is 49.4 Å². The molecule has 1 heterocycles. The fourth-order valence-electron chi connectivity index (χ4n) is 3.30. The molecular weight excluding hydrogens is 433 g/mol. The van der Waals surface area contributed by atoms with Gasteiger partial charge in [0.1, 0.15) is 22.3 Å². The Kier molecular flexibility index (Phi) is 6.02. The van der Waals surface area contributed by atoms with Crippen LogP contribution in [-0.2, 0) is 21.2 Å². The van der Waals surface area contributed by atoms with Gasteiger partial charge in [-0.05, 0) is 36.2 Å². The third-order valence-electron chi connectivity index (χ3n) is 4.79. The van der Waals surface area contributed by atoms with Crippen LogP contribution >= 0.6 is 0 Å². The maximum Gasteiger partial charge on any atom is 0.244 e. The van der Waals surface area contributed by atoms with E-state index >= 15 is 0 Å². The Morgan fingerprint density at radius 1 is 1.06 bits per heavy atom. The Balaban J connectivity index is 1.62. The van der Waals surface area contributed by atoms with Gasteiger partial charge < -0.3 is 9.73 Å². The first-order valence-electron chi connectivity index (χ1n) is 9.81. The van der Waals surface area contributed by atoms with E-state index in [1.165, 1.54) is 12.1 Å². The van der Waals surface area contributed by atoms with E-state index in [1.807, 2.05) is 6.07 Å². The van der Waals surface area contributed by atoms with Crippen molar-refractivity contribution < 1.29 is 22.0 Å². The zero-order chi connectivity index (χ0) is 22.7. The molecule has 164 valence electrons. The molecule has 0 bridgehead atoms. The lowest BCUT2D eigenvalue weighted by atomic mass is 10.1. The lowest BCUT2D eigenvalue weighted by molar-refractivity contribution is -0.117. The number of carbonyl (C=O) groups excluding carboxylic acids is 1. The molecule has 32 heavy (non-hydrogen) atoms. The quantitative estimate of drug-likeness (QED) is 0.443. The third kappa shape index (κ3) is 4.84. The van der Waals surface area contributed by atoms with Crippen molar-refractivity contribution in [2.75, 3.05) is 5.32 Å². The summed E-state index contributed by atoms with van der Waals surface area (Å²) in [5.74, 6) is -1.00. The molecular formula is C23H20FN3O4S. The van der Waals surface area contributed by atoms with Crippen LogP contribution in [0.1, 0.15) is 11.5 Å². The lowest BCUT2D eigenvalue weighted by Crippen LogP contribution is -2.45. The zero-order valence-electron chi connectivity index (χ0n) is 17.1. The monoisotopic (exact) mass is 453 g/mol. The van der Waals surface area contributed by atoms with Crippen LogP contribution in [0.5, 0.6) is 0 Å². The lowest BCUT2D eigenvalue weighted by Gasteiger charge is -2.19. The number of nitrogens with one attached hydrogen (secondary N) is 2. The molecule has 0 spiro atoms. The number of fused-ring (bicyclic) bond motifs is 1. The Morgan fingerprint density at radius 3 is 2.53 bits per heavy atom. The number of halogens is 1. The van der Waals surface area contributed by atoms with Crippen LogP contribution in [-0.4, -0.2) is 25.4 Å². The number of rotatable bonds is 7. The predicted molar refractivity (Wildman–Crippen MR) is 118 cm³/mol. The first-order valence-corrected chi connectivity index (χ1v) is 11.3. The number of amides is 1. The van der Waals surface area contributed by atoms with Crippen LogP contribution in [0.4, 0.5) is 10.1 Å². The van der Waals surface area contributed by atoms with Crippen molar-refractivity contribution in [3.05, 3.63) is 90.1 Å². The van der Waals surface area contributed by atoms with Gasteiger partial charge in [-0.3, -0.25) is 4.79 Å². The Morgan fingerprint density at radius 2 is 1.78 bits per heavy atom. The van der Waals surface area contributed by atoms with Gasteiger partial charge in [-0.15, -0.1) is 0 Å². The summed E-state index contributed by atoms with van der Waals surface area (Å²) in [7, 11) is -4.29. The molecule has 1 amide bonds. The van der Waals surface area contributed by atoms with Gasteiger partial charge in [0.05, 0.1) is 0 Å². The highest BCUT2D eigenvalue weighted by molar-refractivity contribution is 7.89. The molecule has 1 atom stereocenters. The number of hydrogen-bond donors (Lipinski definition) is 2. The van der Waals surface area contributed by atoms with Gasteiger partial charge in [0.25, 0.3) is 0 Å². The molecule has 0 unspecified atom stereocenters. The van der Waals surface area contributed by atoms with Crippen molar-refractivity contribution in [1.29, 1.82) is 0 Å². The summed E-state index contributed by atoms with van der Waals surface area (Å²) in [6.45, 7) is 1.71. The number of nitrogens with zero attached hydrogens (tertiary/aromatic N) is 1. The maximum atomic E-state index is 14.1. The van der Waals surface area contributed by atoms with E-state index in [0.717, 1.165) is 17.7 Å². The Hall–Kier alpha value is -3.56. The number of carbonyl (C=O) groups is 1. The second-order valence-electron chi connectivity index (χ2n) is 7.20. The maximum absolute atomic E-state index is 14.1. The smallest absolute Gasteiger partial charge is 0.244 e. The normalized spacial score (nSPS) is 12.6. The van der Waals surface area contributed by atoms with E-state index in [2.05, 4.69) is 15.0 Å². The second-order valence-corrected chi connectivity index (χ2v) is 8.88. The van der Waals surface area contributed by atoms with Gasteiger partial charge in [0, 0.05) is 18.7 Å². The SMILES string of the molecule is Cc1nc2ccc(NC(=O)[C@H](Cc3ccccc3)NS(=O)(=O)c3ccccc3F)cc2o1. The molecule has 0 aliphatic carbocycles. The average Bonchev–Trinajstić information content (AvgIpc) is 3.13. The minimum Gasteiger partial charge on any atom is -0.441 e. The number of aromatic nitrogens is 1. The van der Waals surface area contributed by atoms with Crippen LogP contribution in [0, 0.1) is 12.7 Å². The fourth-order valence-corrected chi connectivity index (χ4v) is 4.57. The number of hydrogen-bond acceptors (Lipinski definition) is 5. The van der Waals surface area contributed by atoms with E-state index in [9.17, 15) is 17.6 Å². The van der Waals surface area contributed by atoms with E-state index in [4.69, 9.17) is 4.42 Å². The van der Waals surface area contributed by atoms with Crippen molar-refractivity contribution in [1.82, 2.24) is 9.71 Å². The third-order valence-corrected chi connectivity index (χ3v) is 6.29. The molecule has 0 saturated carbocycles. The van der Waals surface area contributed by atoms with Crippen molar-refractivity contribution in [2.24, 2.45) is 0 Å². The zero-order valence-corrected chi connectivity index (χ0v) is 17.9. The Labute approximate surface area is 184 Å². The molecule has 4 rings (SSSR count). The highest BCUT2D eigenvalue weighted by Crippen LogP contribution is 2.21. The highest BCUT2D eigenvalue weighted by atomic mass is 32.2. The minimum absolute atomic E-state index is 0.0734. The number of aryl methyl sites for hydroxylation is 1. The molecule has 2 N–H and O–H groups in total. The second kappa shape index (κ2) is 8.89. The van der Waals surface area contributed by atoms with E-state index in [-0.39, 0.29) is 6.42 Å². The van der Waals surface area contributed by atoms with E-state index < -0.39 is 32.7 Å². The standard InChI is InChI=1S/C23H20FN3O4S/c1-15-25-19-12-11-17(14-21(19)31-15)26-23(28)20(13-16-7-3-2-4-8-16)27-32(29,30)22-10-6-5-9-18(22)24/h2-12,14,20,27H,13H2,1H3,(H,26,28)/t20-/m0/s1. The first-order chi connectivity index (χ1) is 15.3. The van der Waals surface area contributed by atoms with Gasteiger partial charge in [-0.2, -0.15) is 4.72 Å². The molecule has 9 heteroatoms. The molecule has 3 aromatic carbocycles. The Bertz CT molecular complexity index is 1370. The van der Waals surface area contributed by atoms with Crippen molar-refractivity contribution in [3.63, 3.8) is 0 Å². The largest absolute Gasteiger partial charge is 0.441 e. The molecule has 4 aromatic rings. The summed E-state index contributed by atoms with van der Waals surface area (Å²) in [5.41, 5.74) is 2.29. The minimum atomic E-state index is -4.29. The number of oxazole rings is 1. The summed E-state index contributed by atoms with van der Waals surface area (Å²) < 4.78 is 47.6. The van der Waals surface area contributed by atoms with Crippen molar-refractivity contribution >= 4 is 32.7 Å². The molecule has 0 radical (unpaired) electrons. The number of anilines is 1. The van der Waals surface area contributed by atoms with Gasteiger partial charge in [-0.25, -0.2) is 17.8 Å². The van der Waals surface area contributed by atoms with Crippen LogP contribution in [0.3, 0.4) is 0 Å². The predicted octanol–water partition coefficient (Wildman–Crippen LogP) is 3.80. The summed E-state index contributed by atoms with van der Waals surface area (Å²) in [6.07, 6.45) is 0.0734. The van der Waals surface area contributed by atoms with Gasteiger partial charge in [0.2, 0.25) is 15.9 Å². The van der Waals surface area contributed by atoms with Gasteiger partial charge in [-0.1, -0.05) is 42.5 Å². The summed E-state index contributed by atoms with van der Waals surface area (Å²) in [4.78, 5) is 16.8. The van der Waals surface area contributed by atoms with Crippen LogP contribution in [0.2, 0.25) is 0 Å². The molecule has 0 saturated heterocycles. The fraction of sp³-hybridized carbons (Fsp3) is 0.130. The summed E-state index contributed by atoms with van der Waals surface area (Å²) in [5, 5.41) is 2.70. The van der Waals surface area contributed by atoms with Gasteiger partial charge in [0.15, 0.2) is 11.5 Å². The molecule has 0 aliphatic rings. The van der Waals surface area contributed by atoms with E-state index in [0.29, 0.717) is 22.7 Å². The highest BCUT2D eigenvalue weighted by Gasteiger charge is 2.28. The van der Waals surface area contributed by atoms with Crippen molar-refractivity contribution in [3.8, 4) is 0 Å². The summed E-state index contributed by atoms with van der Waals surface area (Å²) in [6, 6.07) is 17.7. The summed E-state index contributed by atoms with van der Waals surface area (Å²) >= 11 is 0. The number of benzene rings is 3. The molecule has 7 nitrogen and oxygen atoms in total. The van der Waals surface area contributed by atoms with Crippen LogP contribution in [0.15, 0.2) is 82.1 Å².